The zero-order valence-electron chi connectivity index (χ0n) is 27.8. The highest BCUT2D eigenvalue weighted by Gasteiger charge is 2.27. The summed E-state index contributed by atoms with van der Waals surface area (Å²) in [6.45, 7) is 0. The molecule has 3 heterocycles. The van der Waals surface area contributed by atoms with Crippen molar-refractivity contribution in [3.05, 3.63) is 164 Å². The molecule has 12 rings (SSSR count). The molecule has 0 aliphatic heterocycles. The van der Waals surface area contributed by atoms with Crippen molar-refractivity contribution >= 4 is 65.6 Å². The average Bonchev–Trinajstić information content (AvgIpc) is 3.72. The van der Waals surface area contributed by atoms with Crippen LogP contribution >= 0.6 is 0 Å². The Morgan fingerprint density at radius 3 is 2.00 bits per heavy atom. The normalized spacial score (nSPS) is 12.2. The van der Waals surface area contributed by atoms with Gasteiger partial charge < -0.3 is 4.42 Å². The van der Waals surface area contributed by atoms with Crippen LogP contribution in [0.1, 0.15) is 0 Å². The van der Waals surface area contributed by atoms with E-state index in [1.807, 2.05) is 30.3 Å². The Labute approximate surface area is 297 Å². The molecule has 0 unspecified atom stereocenters. The first-order valence-electron chi connectivity index (χ1n) is 17.7. The van der Waals surface area contributed by atoms with Crippen LogP contribution in [0.3, 0.4) is 0 Å². The highest BCUT2D eigenvalue weighted by molar-refractivity contribution is 6.31. The minimum absolute atomic E-state index is 0.804. The third-order valence-electron chi connectivity index (χ3n) is 10.9. The van der Waals surface area contributed by atoms with Gasteiger partial charge in [0.15, 0.2) is 5.82 Å². The highest BCUT2D eigenvalue weighted by Crippen LogP contribution is 2.51. The standard InChI is InChI=1S/C48H27N3O/c1-2-11-28(12-3-1)31-25-29-21-23-41-46-44(29)37(27-31)33-14-5-4-13-32(33)35-16-10-19-40(45(35)46)51(41)48-47(49-38-17-7-8-18-39(38)50-48)30-22-24-43-36(26-30)34-15-6-9-20-42(34)52-43/h1-27H. The third kappa shape index (κ3) is 3.75. The topological polar surface area (TPSA) is 43.9 Å². The second-order valence-electron chi connectivity index (χ2n) is 13.7. The van der Waals surface area contributed by atoms with Crippen LogP contribution < -0.4 is 0 Å². The van der Waals surface area contributed by atoms with E-state index >= 15 is 0 Å². The van der Waals surface area contributed by atoms with Gasteiger partial charge in [0, 0.05) is 27.1 Å². The first-order valence-corrected chi connectivity index (χ1v) is 17.7. The number of aromatic nitrogens is 3. The molecule has 1 aliphatic rings. The lowest BCUT2D eigenvalue weighted by atomic mass is 9.90. The Bertz CT molecular complexity index is 3300. The van der Waals surface area contributed by atoms with Gasteiger partial charge in [-0.2, -0.15) is 0 Å². The van der Waals surface area contributed by atoms with Gasteiger partial charge in [0.25, 0.3) is 0 Å². The minimum atomic E-state index is 0.804. The van der Waals surface area contributed by atoms with Crippen molar-refractivity contribution in [1.29, 1.82) is 0 Å². The summed E-state index contributed by atoms with van der Waals surface area (Å²) in [7, 11) is 0. The number of rotatable bonds is 3. The van der Waals surface area contributed by atoms with Gasteiger partial charge in [-0.3, -0.25) is 4.57 Å². The first-order chi connectivity index (χ1) is 25.8. The van der Waals surface area contributed by atoms with E-state index in [2.05, 4.69) is 138 Å². The van der Waals surface area contributed by atoms with Crippen LogP contribution in [0.4, 0.5) is 0 Å². The second kappa shape index (κ2) is 10.3. The highest BCUT2D eigenvalue weighted by atomic mass is 16.3. The maximum absolute atomic E-state index is 6.23. The summed E-state index contributed by atoms with van der Waals surface area (Å²) >= 11 is 0. The average molecular weight is 662 g/mol. The van der Waals surface area contributed by atoms with Gasteiger partial charge in [-0.05, 0) is 105 Å². The van der Waals surface area contributed by atoms with Gasteiger partial charge in [-0.15, -0.1) is 0 Å². The molecule has 8 aromatic carbocycles. The molecule has 0 atom stereocenters. The molecular formula is C48H27N3O. The number of hydrogen-bond acceptors (Lipinski definition) is 3. The summed E-state index contributed by atoms with van der Waals surface area (Å²) in [6.07, 6.45) is 0. The maximum atomic E-state index is 6.23. The summed E-state index contributed by atoms with van der Waals surface area (Å²) < 4.78 is 8.58. The van der Waals surface area contributed by atoms with Crippen molar-refractivity contribution in [3.63, 3.8) is 0 Å². The monoisotopic (exact) mass is 661 g/mol. The third-order valence-corrected chi connectivity index (χ3v) is 10.9. The van der Waals surface area contributed by atoms with E-state index in [1.54, 1.807) is 0 Å². The Hall–Kier alpha value is -7.04. The quantitative estimate of drug-likeness (QED) is 0.189. The molecule has 52 heavy (non-hydrogen) atoms. The fourth-order valence-electron chi connectivity index (χ4n) is 8.64. The predicted molar refractivity (Wildman–Crippen MR) is 214 cm³/mol. The zero-order valence-corrected chi connectivity index (χ0v) is 27.8. The number of para-hydroxylation sites is 3. The van der Waals surface area contributed by atoms with Crippen LogP contribution in [0.5, 0.6) is 0 Å². The van der Waals surface area contributed by atoms with Crippen molar-refractivity contribution in [1.82, 2.24) is 14.5 Å². The summed E-state index contributed by atoms with van der Waals surface area (Å²) in [5.41, 5.74) is 14.9. The Kier molecular flexibility index (Phi) is 5.47. The van der Waals surface area contributed by atoms with Crippen molar-refractivity contribution in [2.75, 3.05) is 0 Å². The van der Waals surface area contributed by atoms with Gasteiger partial charge in [-0.25, -0.2) is 9.97 Å². The second-order valence-corrected chi connectivity index (χ2v) is 13.7. The van der Waals surface area contributed by atoms with Crippen molar-refractivity contribution in [3.8, 4) is 50.5 Å². The molecular weight excluding hydrogens is 635 g/mol. The summed E-state index contributed by atoms with van der Waals surface area (Å²) in [6, 6.07) is 58.3. The van der Waals surface area contributed by atoms with Gasteiger partial charge >= 0.3 is 0 Å². The first kappa shape index (κ1) is 27.7. The van der Waals surface area contributed by atoms with Crippen molar-refractivity contribution in [2.24, 2.45) is 0 Å². The molecule has 0 spiro atoms. The van der Waals surface area contributed by atoms with Crippen molar-refractivity contribution in [2.45, 2.75) is 0 Å². The van der Waals surface area contributed by atoms with Crippen molar-refractivity contribution < 1.29 is 4.42 Å². The molecule has 1 aliphatic carbocycles. The van der Waals surface area contributed by atoms with E-state index in [-0.39, 0.29) is 0 Å². The largest absolute Gasteiger partial charge is 0.456 e. The molecule has 4 heteroatoms. The lowest BCUT2D eigenvalue weighted by molar-refractivity contribution is 0.669. The van der Waals surface area contributed by atoms with E-state index in [1.165, 1.54) is 54.9 Å². The Morgan fingerprint density at radius 2 is 1.12 bits per heavy atom. The molecule has 4 nitrogen and oxygen atoms in total. The van der Waals surface area contributed by atoms with Gasteiger partial charge in [0.2, 0.25) is 0 Å². The molecule has 3 aromatic heterocycles. The number of hydrogen-bond donors (Lipinski definition) is 0. The fraction of sp³-hybridized carbons (Fsp3) is 0. The van der Waals surface area contributed by atoms with Crippen LogP contribution in [0.2, 0.25) is 0 Å². The Morgan fingerprint density at radius 1 is 0.404 bits per heavy atom. The minimum Gasteiger partial charge on any atom is -0.456 e. The van der Waals surface area contributed by atoms with E-state index in [4.69, 9.17) is 14.4 Å². The van der Waals surface area contributed by atoms with E-state index in [9.17, 15) is 0 Å². The molecule has 11 aromatic rings. The van der Waals surface area contributed by atoms with E-state index in [0.717, 1.165) is 61.1 Å². The molecule has 240 valence electrons. The molecule has 0 radical (unpaired) electrons. The lowest BCUT2D eigenvalue weighted by Crippen LogP contribution is -2.04. The smallest absolute Gasteiger partial charge is 0.165 e. The fourth-order valence-corrected chi connectivity index (χ4v) is 8.64. The SMILES string of the molecule is c1ccc(-c2cc3c4c(ccc5c4c4c(cccc4n5-c4nc5ccccc5nc4-c4ccc5oc6ccccc6c5c4)-c4ccccc4-3)c2)cc1. The number of furan rings is 1. The Balaban J connectivity index is 1.23. The predicted octanol–water partition coefficient (Wildman–Crippen LogP) is 12.8. The molecule has 0 N–H and O–H groups in total. The molecule has 0 saturated carbocycles. The van der Waals surface area contributed by atoms with E-state index in [0.29, 0.717) is 0 Å². The molecule has 0 bridgehead atoms. The number of nitrogens with zero attached hydrogens (tertiary/aromatic N) is 3. The van der Waals surface area contributed by atoms with Crippen LogP contribution in [-0.4, -0.2) is 14.5 Å². The number of benzene rings is 8. The zero-order chi connectivity index (χ0) is 33.9. The van der Waals surface area contributed by atoms with Gasteiger partial charge in [-0.1, -0.05) is 103 Å². The summed E-state index contributed by atoms with van der Waals surface area (Å²) in [4.78, 5) is 10.8. The molecule has 0 amide bonds. The van der Waals surface area contributed by atoms with Gasteiger partial charge in [0.05, 0.1) is 22.1 Å². The van der Waals surface area contributed by atoms with Crippen LogP contribution in [-0.2, 0) is 0 Å². The van der Waals surface area contributed by atoms with Gasteiger partial charge in [0.1, 0.15) is 16.9 Å². The summed E-state index contributed by atoms with van der Waals surface area (Å²) in [5.74, 6) is 0.804. The van der Waals surface area contributed by atoms with Crippen LogP contribution in [0, 0.1) is 0 Å². The summed E-state index contributed by atoms with van der Waals surface area (Å²) in [5, 5.41) is 7.11. The van der Waals surface area contributed by atoms with Crippen LogP contribution in [0.15, 0.2) is 168 Å². The molecule has 0 saturated heterocycles. The lowest BCUT2D eigenvalue weighted by Gasteiger charge is -2.16. The van der Waals surface area contributed by atoms with E-state index < -0.39 is 0 Å². The maximum Gasteiger partial charge on any atom is 0.165 e. The molecule has 0 fully saturated rings. The number of fused-ring (bicyclic) bond motifs is 7. The van der Waals surface area contributed by atoms with Crippen LogP contribution in [0.25, 0.3) is 116 Å².